The Bertz CT molecular complexity index is 213. The van der Waals surface area contributed by atoms with E-state index >= 15 is 0 Å². The van der Waals surface area contributed by atoms with Crippen molar-refractivity contribution >= 4 is 5.91 Å². The third kappa shape index (κ3) is 4.10. The summed E-state index contributed by atoms with van der Waals surface area (Å²) in [6.07, 6.45) is 3.63. The minimum absolute atomic E-state index is 0.107. The topological polar surface area (TPSA) is 52.6 Å². The molecule has 1 amide bonds. The van der Waals surface area contributed by atoms with E-state index < -0.39 is 0 Å². The first-order chi connectivity index (χ1) is 7.67. The molecule has 0 aliphatic heterocycles. The lowest BCUT2D eigenvalue weighted by molar-refractivity contribution is -0.122. The Hall–Kier alpha value is -0.610. The summed E-state index contributed by atoms with van der Waals surface area (Å²) in [7, 11) is 0. The average molecular weight is 228 g/mol. The predicted molar refractivity (Wildman–Crippen MR) is 64.2 cm³/mol. The number of rotatable bonds is 5. The van der Waals surface area contributed by atoms with E-state index in [-0.39, 0.29) is 12.0 Å². The summed E-state index contributed by atoms with van der Waals surface area (Å²) in [5, 5.41) is 12.3. The quantitative estimate of drug-likeness (QED) is 0.730. The Labute approximate surface area is 98.0 Å². The predicted octanol–water partition coefficient (Wildman–Crippen LogP) is 0.748. The molecule has 2 N–H and O–H groups in total. The van der Waals surface area contributed by atoms with Crippen LogP contribution in [0.3, 0.4) is 0 Å². The van der Waals surface area contributed by atoms with Gasteiger partial charge in [-0.15, -0.1) is 0 Å². The van der Waals surface area contributed by atoms with Crippen molar-refractivity contribution in [3.8, 4) is 0 Å². The highest BCUT2D eigenvalue weighted by Crippen LogP contribution is 2.22. The Balaban J connectivity index is 2.38. The summed E-state index contributed by atoms with van der Waals surface area (Å²) in [5.41, 5.74) is 0. The minimum atomic E-state index is -0.126. The van der Waals surface area contributed by atoms with Gasteiger partial charge in [0.1, 0.15) is 0 Å². The van der Waals surface area contributed by atoms with E-state index in [1.54, 1.807) is 0 Å². The molecule has 0 aromatic rings. The third-order valence-electron chi connectivity index (χ3n) is 3.31. The first-order valence-electron chi connectivity index (χ1n) is 6.36. The van der Waals surface area contributed by atoms with Crippen LogP contribution in [0, 0.1) is 0 Å². The molecule has 0 bridgehead atoms. The van der Waals surface area contributed by atoms with Gasteiger partial charge in [0.15, 0.2) is 0 Å². The summed E-state index contributed by atoms with van der Waals surface area (Å²) >= 11 is 0. The number of amides is 1. The van der Waals surface area contributed by atoms with Gasteiger partial charge in [0, 0.05) is 12.6 Å². The number of likely N-dealkylation sites (N-methyl/N-ethyl adjacent to an activating group) is 2. The molecule has 1 rings (SSSR count). The molecular formula is C12H24N2O2. The zero-order valence-electron chi connectivity index (χ0n) is 10.4. The lowest BCUT2D eigenvalue weighted by Crippen LogP contribution is -2.44. The molecule has 1 saturated carbocycles. The van der Waals surface area contributed by atoms with E-state index in [1.165, 1.54) is 0 Å². The molecule has 0 heterocycles. The van der Waals surface area contributed by atoms with Gasteiger partial charge in [-0.1, -0.05) is 6.92 Å². The Kier molecular flexibility index (Phi) is 5.77. The van der Waals surface area contributed by atoms with Crippen molar-refractivity contribution in [2.75, 3.05) is 19.6 Å². The number of aliphatic hydroxyl groups is 1. The normalized spacial score (nSPS) is 25.8. The van der Waals surface area contributed by atoms with E-state index in [0.29, 0.717) is 19.1 Å². The van der Waals surface area contributed by atoms with Gasteiger partial charge < -0.3 is 10.4 Å². The number of aliphatic hydroxyl groups excluding tert-OH is 1. The van der Waals surface area contributed by atoms with Gasteiger partial charge in [0.05, 0.1) is 12.6 Å². The molecule has 1 aliphatic carbocycles. The zero-order chi connectivity index (χ0) is 12.0. The molecule has 4 heteroatoms. The molecule has 0 atom stereocenters. The fourth-order valence-electron chi connectivity index (χ4n) is 2.36. The van der Waals surface area contributed by atoms with Crippen molar-refractivity contribution in [2.24, 2.45) is 0 Å². The molecule has 0 radical (unpaired) electrons. The Morgan fingerprint density at radius 3 is 2.44 bits per heavy atom. The molecule has 94 valence electrons. The first kappa shape index (κ1) is 13.5. The largest absolute Gasteiger partial charge is 0.393 e. The average Bonchev–Trinajstić information content (AvgIpc) is 2.27. The maximum atomic E-state index is 11.5. The van der Waals surface area contributed by atoms with Crippen LogP contribution in [0.4, 0.5) is 0 Å². The van der Waals surface area contributed by atoms with Crippen LogP contribution in [-0.4, -0.2) is 47.7 Å². The van der Waals surface area contributed by atoms with Gasteiger partial charge in [-0.2, -0.15) is 0 Å². The SMILES string of the molecule is CCNC(=O)CN(CC)C1CCC(O)CC1. The monoisotopic (exact) mass is 228 g/mol. The van der Waals surface area contributed by atoms with Crippen molar-refractivity contribution in [3.63, 3.8) is 0 Å². The second kappa shape index (κ2) is 6.86. The van der Waals surface area contributed by atoms with Crippen molar-refractivity contribution in [1.82, 2.24) is 10.2 Å². The summed E-state index contributed by atoms with van der Waals surface area (Å²) in [6.45, 7) is 6.11. The van der Waals surface area contributed by atoms with Crippen LogP contribution < -0.4 is 5.32 Å². The van der Waals surface area contributed by atoms with Gasteiger partial charge in [0.2, 0.25) is 5.91 Å². The molecule has 1 aliphatic rings. The van der Waals surface area contributed by atoms with Crippen LogP contribution in [0.25, 0.3) is 0 Å². The van der Waals surface area contributed by atoms with E-state index in [4.69, 9.17) is 0 Å². The van der Waals surface area contributed by atoms with Crippen LogP contribution in [0.2, 0.25) is 0 Å². The highest BCUT2D eigenvalue weighted by Gasteiger charge is 2.24. The smallest absolute Gasteiger partial charge is 0.234 e. The van der Waals surface area contributed by atoms with Crippen molar-refractivity contribution in [1.29, 1.82) is 0 Å². The van der Waals surface area contributed by atoms with E-state index in [1.807, 2.05) is 6.92 Å². The molecule has 4 nitrogen and oxygen atoms in total. The lowest BCUT2D eigenvalue weighted by Gasteiger charge is -2.34. The first-order valence-corrected chi connectivity index (χ1v) is 6.36. The maximum absolute atomic E-state index is 11.5. The number of nitrogens with one attached hydrogen (secondary N) is 1. The van der Waals surface area contributed by atoms with Crippen LogP contribution in [0.5, 0.6) is 0 Å². The fraction of sp³-hybridized carbons (Fsp3) is 0.917. The number of carbonyl (C=O) groups excluding carboxylic acids is 1. The summed E-state index contributed by atoms with van der Waals surface area (Å²) < 4.78 is 0. The molecule has 0 saturated heterocycles. The highest BCUT2D eigenvalue weighted by molar-refractivity contribution is 5.77. The van der Waals surface area contributed by atoms with E-state index in [9.17, 15) is 9.90 Å². The van der Waals surface area contributed by atoms with Crippen LogP contribution in [0.1, 0.15) is 39.5 Å². The van der Waals surface area contributed by atoms with Crippen LogP contribution in [-0.2, 0) is 4.79 Å². The number of carbonyl (C=O) groups is 1. The zero-order valence-corrected chi connectivity index (χ0v) is 10.4. The van der Waals surface area contributed by atoms with Crippen LogP contribution in [0.15, 0.2) is 0 Å². The molecule has 0 spiro atoms. The molecule has 0 unspecified atom stereocenters. The summed E-state index contributed by atoms with van der Waals surface area (Å²) in [4.78, 5) is 13.7. The molecule has 1 fully saturated rings. The maximum Gasteiger partial charge on any atom is 0.234 e. The molecule has 16 heavy (non-hydrogen) atoms. The molecule has 0 aromatic carbocycles. The summed E-state index contributed by atoms with van der Waals surface area (Å²) in [5.74, 6) is 0.107. The summed E-state index contributed by atoms with van der Waals surface area (Å²) in [6, 6.07) is 0.469. The van der Waals surface area contributed by atoms with Gasteiger partial charge in [-0.3, -0.25) is 9.69 Å². The number of hydrogen-bond acceptors (Lipinski definition) is 3. The third-order valence-corrected chi connectivity index (χ3v) is 3.31. The second-order valence-electron chi connectivity index (χ2n) is 4.48. The van der Waals surface area contributed by atoms with Gasteiger partial charge >= 0.3 is 0 Å². The minimum Gasteiger partial charge on any atom is -0.393 e. The Morgan fingerprint density at radius 1 is 1.31 bits per heavy atom. The highest BCUT2D eigenvalue weighted by atomic mass is 16.3. The number of hydrogen-bond donors (Lipinski definition) is 2. The van der Waals surface area contributed by atoms with Gasteiger partial charge in [0.25, 0.3) is 0 Å². The standard InChI is InChI=1S/C12H24N2O2/c1-3-13-12(16)9-14(4-2)10-5-7-11(15)8-6-10/h10-11,15H,3-9H2,1-2H3,(H,13,16). The Morgan fingerprint density at radius 2 is 1.94 bits per heavy atom. The van der Waals surface area contributed by atoms with E-state index in [2.05, 4.69) is 17.1 Å². The second-order valence-corrected chi connectivity index (χ2v) is 4.48. The van der Waals surface area contributed by atoms with Crippen LogP contribution >= 0.6 is 0 Å². The van der Waals surface area contributed by atoms with Crippen molar-refractivity contribution in [2.45, 2.75) is 51.7 Å². The van der Waals surface area contributed by atoms with Crippen molar-refractivity contribution < 1.29 is 9.90 Å². The van der Waals surface area contributed by atoms with Crippen molar-refractivity contribution in [3.05, 3.63) is 0 Å². The van der Waals surface area contributed by atoms with Gasteiger partial charge in [-0.25, -0.2) is 0 Å². The number of nitrogens with zero attached hydrogens (tertiary/aromatic N) is 1. The van der Waals surface area contributed by atoms with E-state index in [0.717, 1.165) is 32.2 Å². The fourth-order valence-corrected chi connectivity index (χ4v) is 2.36. The molecule has 0 aromatic heterocycles. The van der Waals surface area contributed by atoms with Gasteiger partial charge in [-0.05, 0) is 39.2 Å². The lowest BCUT2D eigenvalue weighted by atomic mass is 9.92. The molecular weight excluding hydrogens is 204 g/mol.